The summed E-state index contributed by atoms with van der Waals surface area (Å²) in [7, 11) is 0. The first-order valence-electron chi connectivity index (χ1n) is 2.81. The summed E-state index contributed by atoms with van der Waals surface area (Å²) in [4.78, 5) is 11.4. The molecule has 1 heterocycles. The number of carbonyl (C=O) groups excluding carboxylic acids is 1. The van der Waals surface area contributed by atoms with Gasteiger partial charge in [-0.05, 0) is 11.5 Å². The maximum atomic E-state index is 11.1. The first-order chi connectivity index (χ1) is 5.66. The molecule has 1 aromatic heterocycles. The number of hydrogen-bond acceptors (Lipinski definition) is 3. The average Bonchev–Trinajstić information content (AvgIpc) is 2.34. The number of aromatic nitrogens is 1. The molecular formula is C5H3Cl3N2OS. The van der Waals surface area contributed by atoms with Gasteiger partial charge in [0.25, 0.3) is 5.91 Å². The van der Waals surface area contributed by atoms with Gasteiger partial charge in [0.2, 0.25) is 0 Å². The van der Waals surface area contributed by atoms with Crippen LogP contribution in [0.3, 0.4) is 0 Å². The van der Waals surface area contributed by atoms with E-state index in [1.165, 1.54) is 0 Å². The maximum absolute atomic E-state index is 11.1. The van der Waals surface area contributed by atoms with Crippen molar-refractivity contribution < 1.29 is 4.79 Å². The molecule has 66 valence electrons. The summed E-state index contributed by atoms with van der Waals surface area (Å²) in [6.45, 7) is 0. The van der Waals surface area contributed by atoms with Gasteiger partial charge in [0.05, 0.1) is 6.00 Å². The van der Waals surface area contributed by atoms with E-state index in [-0.39, 0.29) is 27.0 Å². The van der Waals surface area contributed by atoms with Crippen molar-refractivity contribution in [1.82, 2.24) is 9.69 Å². The highest BCUT2D eigenvalue weighted by molar-refractivity contribution is 7.09. The van der Waals surface area contributed by atoms with Gasteiger partial charge in [-0.25, -0.2) is 0 Å². The van der Waals surface area contributed by atoms with Crippen LogP contribution in [0, 0.1) is 0 Å². The van der Waals surface area contributed by atoms with E-state index in [0.29, 0.717) is 0 Å². The lowest BCUT2D eigenvalue weighted by atomic mass is 10.4. The summed E-state index contributed by atoms with van der Waals surface area (Å²) in [6.07, 6.45) is 0. The van der Waals surface area contributed by atoms with Gasteiger partial charge in [0, 0.05) is 0 Å². The predicted octanol–water partition coefficient (Wildman–Crippen LogP) is 2.38. The second-order valence-electron chi connectivity index (χ2n) is 1.76. The Kier molecular flexibility index (Phi) is 3.58. The third kappa shape index (κ3) is 2.01. The first-order valence-corrected chi connectivity index (χ1v) is 4.88. The molecule has 0 saturated heterocycles. The molecule has 3 nitrogen and oxygen atoms in total. The highest BCUT2D eigenvalue weighted by Crippen LogP contribution is 2.28. The van der Waals surface area contributed by atoms with Gasteiger partial charge in [-0.3, -0.25) is 4.79 Å². The summed E-state index contributed by atoms with van der Waals surface area (Å²) >= 11 is 17.4. The Morgan fingerprint density at radius 2 is 2.25 bits per heavy atom. The molecule has 1 aromatic rings. The lowest BCUT2D eigenvalue weighted by Gasteiger charge is -1.95. The van der Waals surface area contributed by atoms with Crippen LogP contribution in [0.5, 0.6) is 0 Å². The topological polar surface area (TPSA) is 42.0 Å². The summed E-state index contributed by atoms with van der Waals surface area (Å²) in [5.74, 6) is -0.362. The molecule has 12 heavy (non-hydrogen) atoms. The van der Waals surface area contributed by atoms with Gasteiger partial charge in [-0.2, -0.15) is 4.37 Å². The fraction of sp³-hybridized carbons (Fsp3) is 0.200. The van der Waals surface area contributed by atoms with Crippen LogP contribution in [0.4, 0.5) is 0 Å². The Bertz CT molecular complexity index is 301. The largest absolute Gasteiger partial charge is 0.338 e. The Balaban J connectivity index is 2.88. The van der Waals surface area contributed by atoms with Crippen molar-refractivity contribution >= 4 is 52.2 Å². The third-order valence-corrected chi connectivity index (χ3v) is 2.96. The molecule has 0 atom stereocenters. The van der Waals surface area contributed by atoms with Gasteiger partial charge in [0.1, 0.15) is 9.90 Å². The van der Waals surface area contributed by atoms with Crippen LogP contribution in [-0.2, 0) is 0 Å². The van der Waals surface area contributed by atoms with E-state index in [9.17, 15) is 4.79 Å². The highest BCUT2D eigenvalue weighted by Gasteiger charge is 2.16. The van der Waals surface area contributed by atoms with Crippen molar-refractivity contribution in [2.75, 3.05) is 6.00 Å². The zero-order valence-electron chi connectivity index (χ0n) is 5.60. The fourth-order valence-electron chi connectivity index (χ4n) is 0.542. The molecule has 0 aliphatic rings. The molecule has 0 aromatic carbocycles. The standard InChI is InChI=1S/C5H3Cl3N2OS/c6-1-9-5(11)3-2(7)4(8)10-12-3/h1H2,(H,9,11). The Morgan fingerprint density at radius 3 is 2.67 bits per heavy atom. The minimum absolute atomic E-state index is 0.0324. The van der Waals surface area contributed by atoms with Crippen LogP contribution in [0.25, 0.3) is 0 Å². The minimum Gasteiger partial charge on any atom is -0.338 e. The van der Waals surface area contributed by atoms with E-state index in [2.05, 4.69) is 9.69 Å². The average molecular weight is 246 g/mol. The van der Waals surface area contributed by atoms with Crippen molar-refractivity contribution in [3.63, 3.8) is 0 Å². The molecule has 1 N–H and O–H groups in total. The quantitative estimate of drug-likeness (QED) is 0.642. The molecule has 0 saturated carbocycles. The molecule has 0 spiro atoms. The molecule has 0 bridgehead atoms. The van der Waals surface area contributed by atoms with Crippen LogP contribution < -0.4 is 5.32 Å². The van der Waals surface area contributed by atoms with E-state index >= 15 is 0 Å². The lowest BCUT2D eigenvalue weighted by Crippen LogP contribution is -2.20. The van der Waals surface area contributed by atoms with Gasteiger partial charge in [-0.1, -0.05) is 23.2 Å². The van der Waals surface area contributed by atoms with Crippen molar-refractivity contribution in [3.05, 3.63) is 15.1 Å². The Morgan fingerprint density at radius 1 is 1.58 bits per heavy atom. The van der Waals surface area contributed by atoms with E-state index in [1.54, 1.807) is 0 Å². The van der Waals surface area contributed by atoms with Gasteiger partial charge < -0.3 is 5.32 Å². The zero-order valence-corrected chi connectivity index (χ0v) is 8.69. The zero-order chi connectivity index (χ0) is 9.14. The second kappa shape index (κ2) is 4.28. The molecule has 0 aliphatic carbocycles. The van der Waals surface area contributed by atoms with Crippen LogP contribution in [0.15, 0.2) is 0 Å². The molecule has 1 amide bonds. The third-order valence-electron chi connectivity index (χ3n) is 1.03. The Hall–Kier alpha value is -0.0300. The van der Waals surface area contributed by atoms with E-state index in [1.807, 2.05) is 0 Å². The Labute approximate surface area is 87.8 Å². The number of alkyl halides is 1. The molecule has 0 fully saturated rings. The van der Waals surface area contributed by atoms with Crippen molar-refractivity contribution in [3.8, 4) is 0 Å². The fourth-order valence-corrected chi connectivity index (χ4v) is 1.79. The van der Waals surface area contributed by atoms with Gasteiger partial charge >= 0.3 is 0 Å². The summed E-state index contributed by atoms with van der Waals surface area (Å²) in [5, 5.41) is 2.68. The molecule has 0 aliphatic heterocycles. The molecule has 0 radical (unpaired) electrons. The molecular weight excluding hydrogens is 242 g/mol. The van der Waals surface area contributed by atoms with Crippen LogP contribution in [0.2, 0.25) is 10.2 Å². The van der Waals surface area contributed by atoms with E-state index in [0.717, 1.165) is 11.5 Å². The van der Waals surface area contributed by atoms with Crippen LogP contribution in [-0.4, -0.2) is 16.3 Å². The number of rotatable bonds is 2. The maximum Gasteiger partial charge on any atom is 0.265 e. The summed E-state index contributed by atoms with van der Waals surface area (Å²) in [5.41, 5.74) is 0. The van der Waals surface area contributed by atoms with Crippen molar-refractivity contribution in [2.45, 2.75) is 0 Å². The van der Waals surface area contributed by atoms with E-state index in [4.69, 9.17) is 34.8 Å². The van der Waals surface area contributed by atoms with Crippen LogP contribution in [0.1, 0.15) is 9.67 Å². The molecule has 0 unspecified atom stereocenters. The smallest absolute Gasteiger partial charge is 0.265 e. The highest BCUT2D eigenvalue weighted by atomic mass is 35.5. The minimum atomic E-state index is -0.362. The lowest BCUT2D eigenvalue weighted by molar-refractivity contribution is 0.0964. The van der Waals surface area contributed by atoms with Crippen molar-refractivity contribution in [1.29, 1.82) is 0 Å². The summed E-state index contributed by atoms with van der Waals surface area (Å²) in [6, 6.07) is 0.0324. The second-order valence-corrected chi connectivity index (χ2v) is 3.53. The van der Waals surface area contributed by atoms with Crippen LogP contribution >= 0.6 is 46.3 Å². The monoisotopic (exact) mass is 244 g/mol. The predicted molar refractivity (Wildman–Crippen MR) is 50.3 cm³/mol. The van der Waals surface area contributed by atoms with Gasteiger partial charge in [0.15, 0.2) is 5.15 Å². The van der Waals surface area contributed by atoms with Gasteiger partial charge in [-0.15, -0.1) is 11.6 Å². The normalized spacial score (nSPS) is 9.92. The number of halogens is 3. The first kappa shape index (κ1) is 10.1. The number of nitrogens with zero attached hydrogens (tertiary/aromatic N) is 1. The number of carbonyl (C=O) groups is 1. The molecule has 1 rings (SSSR count). The number of amides is 1. The number of nitrogens with one attached hydrogen (secondary N) is 1. The van der Waals surface area contributed by atoms with Crippen molar-refractivity contribution in [2.24, 2.45) is 0 Å². The summed E-state index contributed by atoms with van der Waals surface area (Å²) < 4.78 is 3.69. The van der Waals surface area contributed by atoms with E-state index < -0.39 is 0 Å². The molecule has 7 heteroatoms. The SMILES string of the molecule is O=C(NCCl)c1snc(Cl)c1Cl. The number of hydrogen-bond donors (Lipinski definition) is 1.